The molecule has 52 heavy (non-hydrogen) atoms. The first-order valence-electron chi connectivity index (χ1n) is 18.8. The fourth-order valence-electron chi connectivity index (χ4n) is 7.39. The van der Waals surface area contributed by atoms with Crippen molar-refractivity contribution in [1.29, 1.82) is 0 Å². The quantitative estimate of drug-likeness (QED) is 0.0378. The molecule has 0 saturated carbocycles. The van der Waals surface area contributed by atoms with Gasteiger partial charge in [0.1, 0.15) is 17.1 Å². The van der Waals surface area contributed by atoms with Crippen LogP contribution in [-0.2, 0) is 10.3 Å². The molecule has 0 atom stereocenters. The Morgan fingerprint density at radius 2 is 0.942 bits per heavy atom. The van der Waals surface area contributed by atoms with Crippen molar-refractivity contribution in [3.63, 3.8) is 0 Å². The van der Waals surface area contributed by atoms with Crippen LogP contribution in [0.1, 0.15) is 81.9 Å². The zero-order chi connectivity index (χ0) is 36.7. The summed E-state index contributed by atoms with van der Waals surface area (Å²) >= 11 is 0. The number of hydrogen-bond acceptors (Lipinski definition) is 4. The van der Waals surface area contributed by atoms with Crippen molar-refractivity contribution in [3.8, 4) is 11.5 Å². The minimum absolute atomic E-state index is 0.194. The maximum Gasteiger partial charge on any atom is 0.258 e. The lowest BCUT2D eigenvalue weighted by molar-refractivity contribution is 0.0106. The molecule has 0 aliphatic carbocycles. The number of hydrogen-bond donors (Lipinski definition) is 1. The Labute approximate surface area is 313 Å². The van der Waals surface area contributed by atoms with E-state index in [4.69, 9.17) is 14.2 Å². The molecule has 0 spiro atoms. The SMILES string of the molecule is COc1ccc(C(OCCCCC/C=C/CCCCC(C)(C)[Si](O)(c2ccccc2)c2ccccc2)(c2ccccc2)c2ccc(OC)cc2)cc1. The third-order valence-electron chi connectivity index (χ3n) is 10.5. The molecule has 0 unspecified atom stereocenters. The van der Waals surface area contributed by atoms with E-state index in [9.17, 15) is 4.80 Å². The fraction of sp³-hybridized carbons (Fsp3) is 0.319. The average molecular weight is 713 g/mol. The van der Waals surface area contributed by atoms with Gasteiger partial charge in [-0.05, 0) is 94.9 Å². The second-order valence-corrected chi connectivity index (χ2v) is 18.2. The first-order valence-corrected chi connectivity index (χ1v) is 20.8. The Bertz CT molecular complexity index is 1680. The van der Waals surface area contributed by atoms with Crippen LogP contribution in [0.5, 0.6) is 11.5 Å². The van der Waals surface area contributed by atoms with E-state index in [1.165, 1.54) is 0 Å². The molecule has 0 bridgehead atoms. The van der Waals surface area contributed by atoms with Gasteiger partial charge in [0.15, 0.2) is 0 Å². The topological polar surface area (TPSA) is 47.9 Å². The highest BCUT2D eigenvalue weighted by Gasteiger charge is 2.49. The maximum atomic E-state index is 12.4. The highest BCUT2D eigenvalue weighted by atomic mass is 28.4. The van der Waals surface area contributed by atoms with Crippen molar-refractivity contribution < 1.29 is 19.0 Å². The van der Waals surface area contributed by atoms with Crippen molar-refractivity contribution in [2.24, 2.45) is 0 Å². The number of benzene rings is 5. The van der Waals surface area contributed by atoms with Gasteiger partial charge in [0.25, 0.3) is 8.32 Å². The molecule has 5 aromatic rings. The molecule has 0 aliphatic rings. The van der Waals surface area contributed by atoms with Gasteiger partial charge in [-0.2, -0.15) is 0 Å². The number of rotatable bonds is 20. The molecule has 0 radical (unpaired) electrons. The second-order valence-electron chi connectivity index (χ2n) is 14.2. The molecule has 0 heterocycles. The van der Waals surface area contributed by atoms with E-state index in [0.717, 1.165) is 89.9 Å². The lowest BCUT2D eigenvalue weighted by Crippen LogP contribution is -2.65. The Morgan fingerprint density at radius 3 is 1.40 bits per heavy atom. The monoisotopic (exact) mass is 712 g/mol. The van der Waals surface area contributed by atoms with E-state index in [1.807, 2.05) is 66.7 Å². The highest BCUT2D eigenvalue weighted by molar-refractivity contribution is 6.98. The maximum absolute atomic E-state index is 12.4. The smallest absolute Gasteiger partial charge is 0.258 e. The molecular weight excluding hydrogens is 657 g/mol. The molecule has 4 nitrogen and oxygen atoms in total. The first-order chi connectivity index (χ1) is 25.3. The Hall–Kier alpha value is -4.42. The molecule has 5 aromatic carbocycles. The van der Waals surface area contributed by atoms with E-state index in [2.05, 4.69) is 98.8 Å². The molecule has 0 fully saturated rings. The van der Waals surface area contributed by atoms with Gasteiger partial charge in [0.2, 0.25) is 0 Å². The molecule has 0 aromatic heterocycles. The van der Waals surface area contributed by atoms with Crippen LogP contribution < -0.4 is 19.8 Å². The third kappa shape index (κ3) is 9.13. The largest absolute Gasteiger partial charge is 0.497 e. The van der Waals surface area contributed by atoms with Crippen molar-refractivity contribution in [2.45, 2.75) is 75.9 Å². The summed E-state index contributed by atoms with van der Waals surface area (Å²) in [4.78, 5) is 12.4. The summed E-state index contributed by atoms with van der Waals surface area (Å²) in [7, 11) is 0.441. The molecule has 5 heteroatoms. The third-order valence-corrected chi connectivity index (χ3v) is 15.0. The predicted octanol–water partition coefficient (Wildman–Crippen LogP) is 10.2. The van der Waals surface area contributed by atoms with Gasteiger partial charge in [0, 0.05) is 6.61 Å². The number of ether oxygens (including phenoxy) is 3. The average Bonchev–Trinajstić information content (AvgIpc) is 3.20. The summed E-state index contributed by atoms with van der Waals surface area (Å²) in [6, 6.07) is 47.6. The fourth-order valence-corrected chi connectivity index (χ4v) is 11.2. The molecule has 0 saturated heterocycles. The van der Waals surface area contributed by atoms with E-state index >= 15 is 0 Å². The van der Waals surface area contributed by atoms with E-state index in [1.54, 1.807) is 14.2 Å². The minimum atomic E-state index is -2.94. The van der Waals surface area contributed by atoms with Gasteiger partial charge < -0.3 is 19.0 Å². The van der Waals surface area contributed by atoms with Crippen LogP contribution in [0.2, 0.25) is 5.04 Å². The van der Waals surface area contributed by atoms with Gasteiger partial charge in [0.05, 0.1) is 14.2 Å². The summed E-state index contributed by atoms with van der Waals surface area (Å²) in [5.74, 6) is 1.63. The van der Waals surface area contributed by atoms with Crippen molar-refractivity contribution in [3.05, 3.63) is 168 Å². The predicted molar refractivity (Wildman–Crippen MR) is 219 cm³/mol. The van der Waals surface area contributed by atoms with Crippen LogP contribution in [0, 0.1) is 0 Å². The normalized spacial score (nSPS) is 12.2. The molecule has 0 aliphatic heterocycles. The van der Waals surface area contributed by atoms with Crippen LogP contribution >= 0.6 is 0 Å². The van der Waals surface area contributed by atoms with Gasteiger partial charge in [-0.3, -0.25) is 0 Å². The number of unbranched alkanes of at least 4 members (excludes halogenated alkanes) is 5. The second kappa shape index (κ2) is 18.9. The Kier molecular flexibility index (Phi) is 14.1. The van der Waals surface area contributed by atoms with Gasteiger partial charge in [-0.25, -0.2) is 0 Å². The Balaban J connectivity index is 1.12. The van der Waals surface area contributed by atoms with Crippen LogP contribution in [0.15, 0.2) is 152 Å². The van der Waals surface area contributed by atoms with Gasteiger partial charge in [-0.15, -0.1) is 0 Å². The number of allylic oxidation sites excluding steroid dienone is 2. The first kappa shape index (κ1) is 38.8. The lowest BCUT2D eigenvalue weighted by atomic mass is 9.80. The summed E-state index contributed by atoms with van der Waals surface area (Å²) in [6.07, 6.45) is 13.2. The summed E-state index contributed by atoms with van der Waals surface area (Å²) < 4.78 is 18.0. The molecule has 0 amide bonds. The zero-order valence-corrected chi connectivity index (χ0v) is 32.5. The van der Waals surface area contributed by atoms with Crippen LogP contribution in [0.25, 0.3) is 0 Å². The molecule has 1 N–H and O–H groups in total. The van der Waals surface area contributed by atoms with E-state index < -0.39 is 13.9 Å². The van der Waals surface area contributed by atoms with Crippen LogP contribution in [0.3, 0.4) is 0 Å². The molecule has 272 valence electrons. The molecule has 5 rings (SSSR count). The summed E-state index contributed by atoms with van der Waals surface area (Å²) in [6.45, 7) is 5.15. The van der Waals surface area contributed by atoms with E-state index in [-0.39, 0.29) is 5.04 Å². The summed E-state index contributed by atoms with van der Waals surface area (Å²) in [5.41, 5.74) is 2.43. The van der Waals surface area contributed by atoms with Crippen molar-refractivity contribution in [2.75, 3.05) is 20.8 Å². The van der Waals surface area contributed by atoms with Crippen molar-refractivity contribution >= 4 is 18.7 Å². The van der Waals surface area contributed by atoms with Gasteiger partial charge in [-0.1, -0.05) is 154 Å². The summed E-state index contributed by atoms with van der Waals surface area (Å²) in [5, 5.41) is 1.98. The number of methoxy groups -OCH3 is 2. The lowest BCUT2D eigenvalue weighted by Gasteiger charge is -2.41. The highest BCUT2D eigenvalue weighted by Crippen LogP contribution is 2.42. The van der Waals surface area contributed by atoms with Crippen molar-refractivity contribution in [1.82, 2.24) is 0 Å². The van der Waals surface area contributed by atoms with Crippen LogP contribution in [0.4, 0.5) is 0 Å². The van der Waals surface area contributed by atoms with Gasteiger partial charge >= 0.3 is 0 Å². The Morgan fingerprint density at radius 1 is 0.519 bits per heavy atom. The molecular formula is C47H56O4Si. The van der Waals surface area contributed by atoms with Crippen LogP contribution in [-0.4, -0.2) is 33.9 Å². The zero-order valence-electron chi connectivity index (χ0n) is 31.5. The minimum Gasteiger partial charge on any atom is -0.497 e. The standard InChI is InChI=1S/C47H56O4Si/c1-46(2,52(48,44-25-17-13-18-26-44)45-27-19-14-20-28-45)37-21-10-8-6-5-7-9-11-22-38-51-47(39-23-15-12-16-24-39,40-29-33-42(49-3)34-30-40)41-31-35-43(50-4)36-32-41/h5-6,12-20,23-36,48H,7-11,21-22,37-38H2,1-4H3/b6-5+. The van der Waals surface area contributed by atoms with E-state index in [0.29, 0.717) is 6.61 Å².